The van der Waals surface area contributed by atoms with Crippen LogP contribution in [0, 0.1) is 11.8 Å². The smallest absolute Gasteiger partial charge is 0.163 e. The van der Waals surface area contributed by atoms with Gasteiger partial charge in [-0.1, -0.05) is 30.3 Å². The second-order valence-electron chi connectivity index (χ2n) is 4.63. The van der Waals surface area contributed by atoms with Crippen molar-refractivity contribution >= 4 is 0 Å². The molecule has 86 valence electrons. The Morgan fingerprint density at radius 1 is 1.12 bits per heavy atom. The minimum atomic E-state index is -0.360. The molecule has 0 bridgehead atoms. The predicted octanol–water partition coefficient (Wildman–Crippen LogP) is 1.21. The molecule has 2 aliphatic heterocycles. The Morgan fingerprint density at radius 3 is 2.69 bits per heavy atom. The van der Waals surface area contributed by atoms with Gasteiger partial charge in [0.15, 0.2) is 6.29 Å². The summed E-state index contributed by atoms with van der Waals surface area (Å²) in [6, 6.07) is 10.4. The van der Waals surface area contributed by atoms with Crippen LogP contribution in [-0.2, 0) is 15.9 Å². The molecule has 0 spiro atoms. The average Bonchev–Trinajstić information content (AvgIpc) is 2.86. The number of benzene rings is 1. The van der Waals surface area contributed by atoms with Crippen molar-refractivity contribution in [2.24, 2.45) is 11.8 Å². The summed E-state index contributed by atoms with van der Waals surface area (Å²) in [6.45, 7) is 1.11. The number of fused-ring (bicyclic) bond motifs is 1. The Balaban J connectivity index is 1.72. The van der Waals surface area contributed by atoms with E-state index in [4.69, 9.17) is 9.47 Å². The molecule has 2 aliphatic rings. The second kappa shape index (κ2) is 4.17. The molecule has 1 aromatic rings. The molecule has 4 unspecified atom stereocenters. The van der Waals surface area contributed by atoms with Crippen LogP contribution in [0.15, 0.2) is 30.3 Å². The maximum Gasteiger partial charge on any atom is 0.163 e. The van der Waals surface area contributed by atoms with Gasteiger partial charge in [0.2, 0.25) is 0 Å². The lowest BCUT2D eigenvalue weighted by Crippen LogP contribution is -2.27. The van der Waals surface area contributed by atoms with Gasteiger partial charge in [-0.25, -0.2) is 0 Å². The molecule has 0 saturated carbocycles. The van der Waals surface area contributed by atoms with Gasteiger partial charge in [0.1, 0.15) is 0 Å². The van der Waals surface area contributed by atoms with E-state index in [2.05, 4.69) is 12.1 Å². The van der Waals surface area contributed by atoms with E-state index in [-0.39, 0.29) is 18.3 Å². The van der Waals surface area contributed by atoms with E-state index in [1.54, 1.807) is 0 Å². The third-order valence-corrected chi connectivity index (χ3v) is 3.55. The largest absolute Gasteiger partial charge is 0.390 e. The predicted molar refractivity (Wildman–Crippen MR) is 58.8 cm³/mol. The molecule has 1 aromatic carbocycles. The first kappa shape index (κ1) is 10.3. The van der Waals surface area contributed by atoms with Gasteiger partial charge >= 0.3 is 0 Å². The van der Waals surface area contributed by atoms with E-state index in [0.717, 1.165) is 6.42 Å². The van der Waals surface area contributed by atoms with Gasteiger partial charge in [0, 0.05) is 5.92 Å². The quantitative estimate of drug-likeness (QED) is 0.814. The van der Waals surface area contributed by atoms with Crippen LogP contribution >= 0.6 is 0 Å². The van der Waals surface area contributed by atoms with Crippen molar-refractivity contribution in [1.82, 2.24) is 0 Å². The Hall–Kier alpha value is -0.900. The molecule has 0 radical (unpaired) electrons. The number of hydrogen-bond donors (Lipinski definition) is 1. The molecule has 1 N–H and O–H groups in total. The van der Waals surface area contributed by atoms with Crippen LogP contribution in [0.3, 0.4) is 0 Å². The van der Waals surface area contributed by atoms with Crippen LogP contribution in [0.2, 0.25) is 0 Å². The van der Waals surface area contributed by atoms with Crippen LogP contribution in [-0.4, -0.2) is 30.7 Å². The zero-order valence-corrected chi connectivity index (χ0v) is 9.08. The topological polar surface area (TPSA) is 38.7 Å². The lowest BCUT2D eigenvalue weighted by molar-refractivity contribution is -0.0908. The molecule has 2 saturated heterocycles. The highest BCUT2D eigenvalue weighted by molar-refractivity contribution is 5.16. The zero-order chi connectivity index (χ0) is 11.0. The molecule has 3 heteroatoms. The molecule has 0 aromatic heterocycles. The summed E-state index contributed by atoms with van der Waals surface area (Å²) >= 11 is 0. The molecule has 3 nitrogen and oxygen atoms in total. The molecule has 2 heterocycles. The third-order valence-electron chi connectivity index (χ3n) is 3.55. The van der Waals surface area contributed by atoms with Gasteiger partial charge in [-0.3, -0.25) is 0 Å². The van der Waals surface area contributed by atoms with E-state index in [0.29, 0.717) is 19.1 Å². The van der Waals surface area contributed by atoms with Crippen molar-refractivity contribution in [2.45, 2.75) is 18.8 Å². The van der Waals surface area contributed by atoms with Gasteiger partial charge in [0.05, 0.1) is 19.3 Å². The van der Waals surface area contributed by atoms with E-state index in [9.17, 15) is 5.11 Å². The first-order chi connectivity index (χ1) is 7.84. The van der Waals surface area contributed by atoms with Crippen molar-refractivity contribution < 1.29 is 14.6 Å². The fourth-order valence-corrected chi connectivity index (χ4v) is 2.73. The van der Waals surface area contributed by atoms with Crippen LogP contribution in [0.4, 0.5) is 0 Å². The zero-order valence-electron chi connectivity index (χ0n) is 9.08. The first-order valence-corrected chi connectivity index (χ1v) is 5.80. The Labute approximate surface area is 95.0 Å². The summed E-state index contributed by atoms with van der Waals surface area (Å²) in [5, 5.41) is 9.84. The van der Waals surface area contributed by atoms with Crippen LogP contribution in [0.1, 0.15) is 5.56 Å². The van der Waals surface area contributed by atoms with Crippen molar-refractivity contribution in [3.05, 3.63) is 35.9 Å². The Morgan fingerprint density at radius 2 is 1.88 bits per heavy atom. The second-order valence-corrected chi connectivity index (χ2v) is 4.63. The van der Waals surface area contributed by atoms with E-state index in [1.807, 2.05) is 18.2 Å². The molecule has 0 aliphatic carbocycles. The minimum Gasteiger partial charge on any atom is -0.390 e. The van der Waals surface area contributed by atoms with Crippen LogP contribution < -0.4 is 0 Å². The number of ether oxygens (including phenoxy) is 2. The summed E-state index contributed by atoms with van der Waals surface area (Å²) in [5.74, 6) is 0.533. The molecule has 4 atom stereocenters. The van der Waals surface area contributed by atoms with Gasteiger partial charge in [-0.05, 0) is 17.9 Å². The number of aliphatic hydroxyl groups is 1. The number of hydrogen-bond acceptors (Lipinski definition) is 3. The summed E-state index contributed by atoms with van der Waals surface area (Å²) < 4.78 is 10.9. The van der Waals surface area contributed by atoms with Gasteiger partial charge in [-0.2, -0.15) is 0 Å². The summed E-state index contributed by atoms with van der Waals surface area (Å²) in [6.07, 6.45) is 0.424. The lowest BCUT2D eigenvalue weighted by Gasteiger charge is -2.17. The van der Waals surface area contributed by atoms with E-state index < -0.39 is 0 Å². The first-order valence-electron chi connectivity index (χ1n) is 5.80. The van der Waals surface area contributed by atoms with Crippen molar-refractivity contribution in [1.29, 1.82) is 0 Å². The number of aliphatic hydroxyl groups excluding tert-OH is 1. The van der Waals surface area contributed by atoms with Crippen molar-refractivity contribution in [3.63, 3.8) is 0 Å². The minimum absolute atomic E-state index is 0.153. The molecule has 2 fully saturated rings. The Kier molecular flexibility index (Phi) is 2.67. The maximum absolute atomic E-state index is 9.84. The molecule has 3 rings (SSSR count). The highest BCUT2D eigenvalue weighted by atomic mass is 16.7. The fraction of sp³-hybridized carbons (Fsp3) is 0.538. The fourth-order valence-electron chi connectivity index (χ4n) is 2.73. The van der Waals surface area contributed by atoms with Crippen LogP contribution in [0.25, 0.3) is 0 Å². The number of rotatable bonds is 2. The van der Waals surface area contributed by atoms with Gasteiger partial charge < -0.3 is 14.6 Å². The van der Waals surface area contributed by atoms with E-state index in [1.165, 1.54) is 5.56 Å². The molecule has 0 amide bonds. The molecular formula is C13H16O3. The summed E-state index contributed by atoms with van der Waals surface area (Å²) in [5.41, 5.74) is 1.30. The van der Waals surface area contributed by atoms with Gasteiger partial charge in [0.25, 0.3) is 0 Å². The molecular weight excluding hydrogens is 204 g/mol. The summed E-state index contributed by atoms with van der Waals surface area (Å²) in [4.78, 5) is 0. The van der Waals surface area contributed by atoms with Gasteiger partial charge in [-0.15, -0.1) is 0 Å². The third kappa shape index (κ3) is 1.75. The Bertz CT molecular complexity index is 351. The maximum atomic E-state index is 9.84. The molecule has 16 heavy (non-hydrogen) atoms. The van der Waals surface area contributed by atoms with Crippen molar-refractivity contribution in [3.8, 4) is 0 Å². The summed E-state index contributed by atoms with van der Waals surface area (Å²) in [7, 11) is 0. The monoisotopic (exact) mass is 220 g/mol. The normalized spacial score (nSPS) is 37.6. The highest BCUT2D eigenvalue weighted by Crippen LogP contribution is 2.37. The highest BCUT2D eigenvalue weighted by Gasteiger charge is 2.46. The SMILES string of the molecule is OC1COC2OCC(Cc3ccccc3)C12. The lowest BCUT2D eigenvalue weighted by atomic mass is 9.86. The van der Waals surface area contributed by atoms with Crippen LogP contribution in [0.5, 0.6) is 0 Å². The van der Waals surface area contributed by atoms with Crippen molar-refractivity contribution in [2.75, 3.05) is 13.2 Å². The standard InChI is InChI=1S/C13H16O3/c14-11-8-16-13-12(11)10(7-15-13)6-9-4-2-1-3-5-9/h1-5,10-14H,6-8H2. The average molecular weight is 220 g/mol. The van der Waals surface area contributed by atoms with E-state index >= 15 is 0 Å².